The molecule has 2 rings (SSSR count). The molecule has 0 radical (unpaired) electrons. The van der Waals surface area contributed by atoms with E-state index < -0.39 is 0 Å². The minimum atomic E-state index is 0.0223. The van der Waals surface area contributed by atoms with Crippen molar-refractivity contribution >= 4 is 17.7 Å². The van der Waals surface area contributed by atoms with Crippen LogP contribution in [-0.4, -0.2) is 29.8 Å². The van der Waals surface area contributed by atoms with Crippen LogP contribution in [0, 0.1) is 0 Å². The van der Waals surface area contributed by atoms with Crippen LogP contribution in [0.4, 0.5) is 0 Å². The molecule has 10 heavy (non-hydrogen) atoms. The van der Waals surface area contributed by atoms with Gasteiger partial charge in [0.25, 0.3) is 0 Å². The highest BCUT2D eigenvalue weighted by molar-refractivity contribution is 6.61. The molecule has 2 atom stereocenters. The molecule has 1 aliphatic carbocycles. The lowest BCUT2D eigenvalue weighted by Gasteiger charge is -1.98. The van der Waals surface area contributed by atoms with Gasteiger partial charge in [0.1, 0.15) is 5.71 Å². The highest BCUT2D eigenvalue weighted by Gasteiger charge is 2.39. The molecule has 2 unspecified atom stereocenters. The van der Waals surface area contributed by atoms with Crippen molar-refractivity contribution in [2.24, 2.45) is 9.98 Å². The van der Waals surface area contributed by atoms with Crippen LogP contribution < -0.4 is 0 Å². The molecule has 0 aromatic heterocycles. The maximum absolute atomic E-state index is 10.7. The number of fused-ring (bicyclic) bond motifs is 1. The van der Waals surface area contributed by atoms with E-state index in [4.69, 9.17) is 0 Å². The number of carbonyl (C=O) groups is 1. The van der Waals surface area contributed by atoms with Gasteiger partial charge in [-0.05, 0) is 6.42 Å². The van der Waals surface area contributed by atoms with Gasteiger partial charge in [-0.1, -0.05) is 0 Å². The van der Waals surface area contributed by atoms with Gasteiger partial charge in [0.2, 0.25) is 0 Å². The smallest absolute Gasteiger partial charge is 0.179 e. The highest BCUT2D eigenvalue weighted by atomic mass is 16.1. The molecule has 0 saturated heterocycles. The Bertz CT molecular complexity index is 242. The zero-order valence-electron chi connectivity index (χ0n) is 5.74. The third-order valence-corrected chi connectivity index (χ3v) is 1.78. The molecule has 2 aliphatic rings. The van der Waals surface area contributed by atoms with Gasteiger partial charge in [-0.3, -0.25) is 14.8 Å². The van der Waals surface area contributed by atoms with Crippen molar-refractivity contribution in [3.63, 3.8) is 0 Å². The molecule has 0 amide bonds. The lowest BCUT2D eigenvalue weighted by atomic mass is 10.3. The fourth-order valence-corrected chi connectivity index (χ4v) is 1.03. The maximum Gasteiger partial charge on any atom is 0.179 e. The predicted molar refractivity (Wildman–Crippen MR) is 38.8 cm³/mol. The summed E-state index contributed by atoms with van der Waals surface area (Å²) < 4.78 is 0. The summed E-state index contributed by atoms with van der Waals surface area (Å²) >= 11 is 0. The molecule has 0 N–H and O–H groups in total. The molecule has 3 nitrogen and oxygen atoms in total. The zero-order valence-corrected chi connectivity index (χ0v) is 5.74. The minimum Gasteiger partial charge on any atom is -0.293 e. The lowest BCUT2D eigenvalue weighted by molar-refractivity contribution is -0.110. The average Bonchev–Trinajstić information content (AvgIpc) is 2.63. The van der Waals surface area contributed by atoms with E-state index in [1.165, 1.54) is 6.92 Å². The van der Waals surface area contributed by atoms with Gasteiger partial charge in [0.15, 0.2) is 5.78 Å². The van der Waals surface area contributed by atoms with E-state index in [1.54, 1.807) is 6.21 Å². The molecule has 0 aromatic rings. The molecule has 1 saturated carbocycles. The predicted octanol–water partition coefficient (Wildman–Crippen LogP) is 0.242. The van der Waals surface area contributed by atoms with Crippen LogP contribution in [0.5, 0.6) is 0 Å². The number of rotatable bonds is 1. The fourth-order valence-electron chi connectivity index (χ4n) is 1.03. The quantitative estimate of drug-likeness (QED) is 0.509. The Kier molecular flexibility index (Phi) is 1.01. The number of carbonyl (C=O) groups excluding carboxylic acids is 1. The van der Waals surface area contributed by atoms with Crippen molar-refractivity contribution < 1.29 is 4.79 Å². The Labute approximate surface area is 58.9 Å². The van der Waals surface area contributed by atoms with Gasteiger partial charge in [-0.15, -0.1) is 0 Å². The minimum absolute atomic E-state index is 0.0223. The first-order valence-corrected chi connectivity index (χ1v) is 3.39. The summed E-state index contributed by atoms with van der Waals surface area (Å²) in [5.74, 6) is 0.0223. The maximum atomic E-state index is 10.7. The number of ketones is 1. The highest BCUT2D eigenvalue weighted by Crippen LogP contribution is 2.30. The molecular weight excluding hydrogens is 128 g/mol. The molecule has 0 aromatic carbocycles. The summed E-state index contributed by atoms with van der Waals surface area (Å²) in [6, 6.07) is 0.743. The summed E-state index contributed by atoms with van der Waals surface area (Å²) in [7, 11) is 0. The van der Waals surface area contributed by atoms with Crippen molar-refractivity contribution in [3.05, 3.63) is 0 Å². The first-order valence-electron chi connectivity index (χ1n) is 3.39. The van der Waals surface area contributed by atoms with Crippen LogP contribution in [0.3, 0.4) is 0 Å². The molecule has 3 heteroatoms. The Hall–Kier alpha value is -0.990. The van der Waals surface area contributed by atoms with Crippen LogP contribution in [0.25, 0.3) is 0 Å². The van der Waals surface area contributed by atoms with Crippen LogP contribution in [0.15, 0.2) is 9.98 Å². The van der Waals surface area contributed by atoms with Gasteiger partial charge in [-0.2, -0.15) is 0 Å². The molecule has 52 valence electrons. The van der Waals surface area contributed by atoms with Gasteiger partial charge in [-0.25, -0.2) is 0 Å². The topological polar surface area (TPSA) is 41.8 Å². The van der Waals surface area contributed by atoms with E-state index in [2.05, 4.69) is 9.98 Å². The molecule has 1 aliphatic heterocycles. The van der Waals surface area contributed by atoms with Crippen LogP contribution in [0.2, 0.25) is 0 Å². The van der Waals surface area contributed by atoms with Crippen molar-refractivity contribution in [2.75, 3.05) is 0 Å². The molecule has 1 heterocycles. The Balaban J connectivity index is 2.23. The average molecular weight is 136 g/mol. The van der Waals surface area contributed by atoms with E-state index in [1.807, 2.05) is 0 Å². The summed E-state index contributed by atoms with van der Waals surface area (Å²) in [5.41, 5.74) is 0.541. The molecule has 0 bridgehead atoms. The monoisotopic (exact) mass is 136 g/mol. The lowest BCUT2D eigenvalue weighted by Crippen LogP contribution is -2.16. The van der Waals surface area contributed by atoms with Crippen molar-refractivity contribution in [3.8, 4) is 0 Å². The number of nitrogens with zero attached hydrogens (tertiary/aromatic N) is 2. The number of aliphatic imine (C=N–C) groups is 2. The first-order chi connectivity index (χ1) is 4.77. The first kappa shape index (κ1) is 5.77. The number of Topliss-reactive ketones (excluding diaryl/α,β-unsaturated/α-hetero) is 1. The van der Waals surface area contributed by atoms with E-state index in [9.17, 15) is 4.79 Å². The van der Waals surface area contributed by atoms with Gasteiger partial charge in [0.05, 0.1) is 18.3 Å². The zero-order chi connectivity index (χ0) is 7.14. The molecular formula is C7H8N2O. The Morgan fingerprint density at radius 1 is 1.70 bits per heavy atom. The van der Waals surface area contributed by atoms with Gasteiger partial charge >= 0.3 is 0 Å². The van der Waals surface area contributed by atoms with E-state index in [0.717, 1.165) is 6.42 Å². The SMILES string of the molecule is CC(=O)C1=NC2CC2N=C1. The summed E-state index contributed by atoms with van der Waals surface area (Å²) in [6.45, 7) is 1.52. The largest absolute Gasteiger partial charge is 0.293 e. The van der Waals surface area contributed by atoms with Crippen LogP contribution >= 0.6 is 0 Å². The van der Waals surface area contributed by atoms with Crippen LogP contribution in [-0.2, 0) is 4.79 Å². The summed E-state index contributed by atoms with van der Waals surface area (Å²) in [4.78, 5) is 19.0. The standard InChI is InChI=1S/C7H8N2O/c1-4(10)7-3-8-5-2-6(5)9-7/h3,5-6H,2H2,1H3. The molecule has 0 spiro atoms. The Morgan fingerprint density at radius 2 is 2.50 bits per heavy atom. The normalized spacial score (nSPS) is 34.7. The number of hydrogen-bond acceptors (Lipinski definition) is 3. The van der Waals surface area contributed by atoms with E-state index in [-0.39, 0.29) is 5.78 Å². The van der Waals surface area contributed by atoms with Crippen molar-refractivity contribution in [2.45, 2.75) is 25.4 Å². The fraction of sp³-hybridized carbons (Fsp3) is 0.571. The van der Waals surface area contributed by atoms with E-state index in [0.29, 0.717) is 17.8 Å². The third-order valence-electron chi connectivity index (χ3n) is 1.78. The Morgan fingerprint density at radius 3 is 3.10 bits per heavy atom. The summed E-state index contributed by atoms with van der Waals surface area (Å²) in [5, 5.41) is 0. The molecule has 1 fully saturated rings. The third kappa shape index (κ3) is 0.781. The second-order valence-electron chi connectivity index (χ2n) is 2.72. The van der Waals surface area contributed by atoms with Crippen molar-refractivity contribution in [1.82, 2.24) is 0 Å². The van der Waals surface area contributed by atoms with Crippen molar-refractivity contribution in [1.29, 1.82) is 0 Å². The van der Waals surface area contributed by atoms with Gasteiger partial charge < -0.3 is 0 Å². The van der Waals surface area contributed by atoms with E-state index >= 15 is 0 Å². The summed E-state index contributed by atoms with van der Waals surface area (Å²) in [6.07, 6.45) is 2.63. The van der Waals surface area contributed by atoms with Gasteiger partial charge in [0, 0.05) is 6.92 Å². The second-order valence-corrected chi connectivity index (χ2v) is 2.72. The number of hydrogen-bond donors (Lipinski definition) is 0. The second kappa shape index (κ2) is 1.75. The van der Waals surface area contributed by atoms with Crippen LogP contribution in [0.1, 0.15) is 13.3 Å².